The van der Waals surface area contributed by atoms with Gasteiger partial charge in [-0.3, -0.25) is 0 Å². The zero-order valence-electron chi connectivity index (χ0n) is 8.13. The Bertz CT molecular complexity index is 339. The molecule has 3 nitrogen and oxygen atoms in total. The van der Waals surface area contributed by atoms with Crippen LogP contribution in [0.3, 0.4) is 0 Å². The summed E-state index contributed by atoms with van der Waals surface area (Å²) >= 11 is 5.92. The number of benzene rings is 1. The molecule has 0 fully saturated rings. The number of aryl methyl sites for hydroxylation is 1. The summed E-state index contributed by atoms with van der Waals surface area (Å²) in [6.45, 7) is 2.16. The molecule has 0 aliphatic carbocycles. The van der Waals surface area contributed by atoms with E-state index in [4.69, 9.17) is 16.3 Å². The van der Waals surface area contributed by atoms with Crippen LogP contribution in [0.15, 0.2) is 12.1 Å². The van der Waals surface area contributed by atoms with E-state index in [1.807, 2.05) is 13.0 Å². The van der Waals surface area contributed by atoms with Gasteiger partial charge in [-0.05, 0) is 18.6 Å². The zero-order valence-corrected chi connectivity index (χ0v) is 8.89. The highest BCUT2D eigenvalue weighted by Gasteiger charge is 2.05. The van der Waals surface area contributed by atoms with Gasteiger partial charge in [-0.2, -0.15) is 0 Å². The molecule has 0 aromatic heterocycles. The van der Waals surface area contributed by atoms with Crippen LogP contribution in [-0.2, 0) is 4.79 Å². The van der Waals surface area contributed by atoms with E-state index < -0.39 is 0 Å². The summed E-state index contributed by atoms with van der Waals surface area (Å²) in [7, 11) is 1.56. The molecule has 14 heavy (non-hydrogen) atoms. The zero-order chi connectivity index (χ0) is 10.6. The van der Waals surface area contributed by atoms with E-state index in [2.05, 4.69) is 5.32 Å². The van der Waals surface area contributed by atoms with Gasteiger partial charge in [-0.1, -0.05) is 11.6 Å². The molecule has 0 aliphatic heterocycles. The Kier molecular flexibility index (Phi) is 3.77. The monoisotopic (exact) mass is 213 g/mol. The lowest BCUT2D eigenvalue weighted by atomic mass is 10.2. The summed E-state index contributed by atoms with van der Waals surface area (Å²) in [5.41, 5.74) is 1.72. The van der Waals surface area contributed by atoms with Crippen molar-refractivity contribution in [3.05, 3.63) is 22.7 Å². The Morgan fingerprint density at radius 1 is 1.57 bits per heavy atom. The summed E-state index contributed by atoms with van der Waals surface area (Å²) in [6.07, 6.45) is 0.795. The first kappa shape index (κ1) is 10.9. The number of anilines is 1. The second-order valence-electron chi connectivity index (χ2n) is 2.85. The highest BCUT2D eigenvalue weighted by atomic mass is 35.5. The van der Waals surface area contributed by atoms with E-state index in [0.29, 0.717) is 10.8 Å². The molecule has 1 rings (SSSR count). The number of nitrogens with one attached hydrogen (secondary N) is 1. The molecule has 0 saturated carbocycles. The number of hydrogen-bond donors (Lipinski definition) is 1. The normalized spacial score (nSPS) is 9.64. The van der Waals surface area contributed by atoms with Gasteiger partial charge in [0.05, 0.1) is 19.3 Å². The van der Waals surface area contributed by atoms with Crippen LogP contribution >= 0.6 is 11.6 Å². The molecule has 0 spiro atoms. The minimum Gasteiger partial charge on any atom is -0.495 e. The smallest absolute Gasteiger partial charge is 0.143 e. The Labute approximate surface area is 88.0 Å². The van der Waals surface area contributed by atoms with Crippen molar-refractivity contribution >= 4 is 23.6 Å². The van der Waals surface area contributed by atoms with E-state index in [1.54, 1.807) is 13.2 Å². The molecule has 4 heteroatoms. The van der Waals surface area contributed by atoms with Gasteiger partial charge in [-0.25, -0.2) is 0 Å². The summed E-state index contributed by atoms with van der Waals surface area (Å²) in [5, 5.41) is 3.58. The number of hydrogen-bond acceptors (Lipinski definition) is 3. The van der Waals surface area contributed by atoms with Crippen LogP contribution in [0.1, 0.15) is 5.56 Å². The van der Waals surface area contributed by atoms with Gasteiger partial charge in [0.25, 0.3) is 0 Å². The maximum Gasteiger partial charge on any atom is 0.143 e. The van der Waals surface area contributed by atoms with Crippen molar-refractivity contribution < 1.29 is 9.53 Å². The maximum atomic E-state index is 10.2. The van der Waals surface area contributed by atoms with E-state index >= 15 is 0 Å². The van der Waals surface area contributed by atoms with Gasteiger partial charge < -0.3 is 14.8 Å². The van der Waals surface area contributed by atoms with Crippen LogP contribution in [0, 0.1) is 6.92 Å². The topological polar surface area (TPSA) is 38.3 Å². The largest absolute Gasteiger partial charge is 0.495 e. The molecule has 1 aromatic carbocycles. The van der Waals surface area contributed by atoms with Crippen molar-refractivity contribution in [3.8, 4) is 5.75 Å². The average molecular weight is 214 g/mol. The molecular weight excluding hydrogens is 202 g/mol. The fourth-order valence-corrected chi connectivity index (χ4v) is 1.28. The summed E-state index contributed by atoms with van der Waals surface area (Å²) in [5.74, 6) is 0.641. The molecule has 1 N–H and O–H groups in total. The molecule has 0 heterocycles. The molecule has 0 radical (unpaired) electrons. The molecule has 1 aromatic rings. The van der Waals surface area contributed by atoms with Crippen LogP contribution < -0.4 is 10.1 Å². The standard InChI is InChI=1S/C10H12ClNO2/c1-7-5-9(12-3-4-13)10(14-2)6-8(7)11/h4-6,12H,3H2,1-2H3. The van der Waals surface area contributed by atoms with Crippen molar-refractivity contribution in [2.45, 2.75) is 6.92 Å². The first-order valence-corrected chi connectivity index (χ1v) is 4.58. The predicted octanol–water partition coefficient (Wildman–Crippen LogP) is 2.27. The highest BCUT2D eigenvalue weighted by molar-refractivity contribution is 6.31. The highest BCUT2D eigenvalue weighted by Crippen LogP contribution is 2.30. The van der Waals surface area contributed by atoms with Crippen molar-refractivity contribution in [1.29, 1.82) is 0 Å². The van der Waals surface area contributed by atoms with Crippen LogP contribution in [0.4, 0.5) is 5.69 Å². The lowest BCUT2D eigenvalue weighted by Gasteiger charge is -2.11. The molecule has 0 amide bonds. The van der Waals surface area contributed by atoms with E-state index in [0.717, 1.165) is 17.5 Å². The third-order valence-corrected chi connectivity index (χ3v) is 2.26. The van der Waals surface area contributed by atoms with Gasteiger partial charge in [0.15, 0.2) is 0 Å². The summed E-state index contributed by atoms with van der Waals surface area (Å²) in [6, 6.07) is 3.58. The Morgan fingerprint density at radius 2 is 2.29 bits per heavy atom. The van der Waals surface area contributed by atoms with E-state index in [1.165, 1.54) is 0 Å². The molecular formula is C10H12ClNO2. The third-order valence-electron chi connectivity index (χ3n) is 1.86. The Morgan fingerprint density at radius 3 is 2.86 bits per heavy atom. The van der Waals surface area contributed by atoms with Gasteiger partial charge in [0.2, 0.25) is 0 Å². The Hall–Kier alpha value is -1.22. The van der Waals surface area contributed by atoms with E-state index in [-0.39, 0.29) is 6.54 Å². The van der Waals surface area contributed by atoms with Crippen LogP contribution in [0.5, 0.6) is 5.75 Å². The van der Waals surface area contributed by atoms with Crippen LogP contribution in [0.2, 0.25) is 5.02 Å². The molecule has 0 saturated heterocycles. The first-order valence-electron chi connectivity index (χ1n) is 4.20. The average Bonchev–Trinajstić information content (AvgIpc) is 2.19. The van der Waals surface area contributed by atoms with Crippen molar-refractivity contribution in [1.82, 2.24) is 0 Å². The molecule has 0 bridgehead atoms. The lowest BCUT2D eigenvalue weighted by Crippen LogP contribution is -2.04. The minimum atomic E-state index is 0.261. The van der Waals surface area contributed by atoms with E-state index in [9.17, 15) is 4.79 Å². The van der Waals surface area contributed by atoms with Gasteiger partial charge in [0.1, 0.15) is 12.0 Å². The van der Waals surface area contributed by atoms with Crippen LogP contribution in [-0.4, -0.2) is 19.9 Å². The predicted molar refractivity (Wildman–Crippen MR) is 57.3 cm³/mol. The number of methoxy groups -OCH3 is 1. The number of carbonyl (C=O) groups excluding carboxylic acids is 1. The van der Waals surface area contributed by atoms with Crippen molar-refractivity contribution in [2.24, 2.45) is 0 Å². The Balaban J connectivity index is 3.00. The molecule has 0 unspecified atom stereocenters. The number of rotatable bonds is 4. The third kappa shape index (κ3) is 2.39. The molecule has 0 aliphatic rings. The van der Waals surface area contributed by atoms with Gasteiger partial charge in [0, 0.05) is 11.1 Å². The number of ether oxygens (including phenoxy) is 1. The second kappa shape index (κ2) is 4.86. The lowest BCUT2D eigenvalue weighted by molar-refractivity contribution is -0.106. The molecule has 0 atom stereocenters. The SMILES string of the molecule is COc1cc(Cl)c(C)cc1NCC=O. The van der Waals surface area contributed by atoms with Crippen LogP contribution in [0.25, 0.3) is 0 Å². The fraction of sp³-hybridized carbons (Fsp3) is 0.300. The molecule has 76 valence electrons. The fourth-order valence-electron chi connectivity index (χ4n) is 1.12. The van der Waals surface area contributed by atoms with Crippen molar-refractivity contribution in [2.75, 3.05) is 19.0 Å². The second-order valence-corrected chi connectivity index (χ2v) is 3.26. The first-order chi connectivity index (χ1) is 6.69. The number of aldehydes is 1. The summed E-state index contributed by atoms with van der Waals surface area (Å²) in [4.78, 5) is 10.2. The summed E-state index contributed by atoms with van der Waals surface area (Å²) < 4.78 is 5.12. The number of halogens is 1. The maximum absolute atomic E-state index is 10.2. The minimum absolute atomic E-state index is 0.261. The van der Waals surface area contributed by atoms with Gasteiger partial charge >= 0.3 is 0 Å². The number of carbonyl (C=O) groups is 1. The van der Waals surface area contributed by atoms with Gasteiger partial charge in [-0.15, -0.1) is 0 Å². The quantitative estimate of drug-likeness (QED) is 0.780. The van der Waals surface area contributed by atoms with Crippen molar-refractivity contribution in [3.63, 3.8) is 0 Å².